The van der Waals surface area contributed by atoms with Gasteiger partial charge in [-0.3, -0.25) is 5.41 Å². The zero-order valence-corrected chi connectivity index (χ0v) is 23.3. The van der Waals surface area contributed by atoms with Gasteiger partial charge < -0.3 is 15.0 Å². The molecule has 41 heavy (non-hydrogen) atoms. The highest BCUT2D eigenvalue weighted by atomic mass is 35.5. The second kappa shape index (κ2) is 11.9. The molecule has 0 radical (unpaired) electrons. The first kappa shape index (κ1) is 26.7. The van der Waals surface area contributed by atoms with Crippen LogP contribution in [0, 0.1) is 5.41 Å². The molecule has 3 heterocycles. The first-order chi connectivity index (χ1) is 20.2. The summed E-state index contributed by atoms with van der Waals surface area (Å²) in [4.78, 5) is 11.1. The van der Waals surface area contributed by atoms with Gasteiger partial charge in [-0.05, 0) is 34.9 Å². The van der Waals surface area contributed by atoms with Gasteiger partial charge in [0.1, 0.15) is 16.5 Å². The van der Waals surface area contributed by atoms with Gasteiger partial charge in [0, 0.05) is 36.7 Å². The number of nitrogens with zero attached hydrogens (tertiary/aromatic N) is 3. The monoisotopic (exact) mass is 559 g/mol. The van der Waals surface area contributed by atoms with E-state index < -0.39 is 5.54 Å². The largest absolute Gasteiger partial charge is 0.378 e. The van der Waals surface area contributed by atoms with E-state index in [1.54, 1.807) is 12.4 Å². The van der Waals surface area contributed by atoms with E-state index in [-0.39, 0.29) is 10.9 Å². The molecule has 0 bridgehead atoms. The molecule has 2 aromatic heterocycles. The molecular weight excluding hydrogens is 530 g/mol. The fourth-order valence-corrected chi connectivity index (χ4v) is 5.70. The number of rotatable bonds is 8. The van der Waals surface area contributed by atoms with Crippen LogP contribution in [0.1, 0.15) is 27.8 Å². The van der Waals surface area contributed by atoms with Crippen LogP contribution in [0.4, 0.5) is 11.5 Å². The molecule has 0 atom stereocenters. The van der Waals surface area contributed by atoms with E-state index in [1.165, 1.54) is 0 Å². The molecule has 7 heteroatoms. The lowest BCUT2D eigenvalue weighted by Crippen LogP contribution is -2.38. The van der Waals surface area contributed by atoms with Crippen molar-refractivity contribution < 1.29 is 4.74 Å². The van der Waals surface area contributed by atoms with Gasteiger partial charge in [0.15, 0.2) is 0 Å². The maximum Gasteiger partial charge on any atom is 0.140 e. The molecule has 1 aliphatic heterocycles. The highest BCUT2D eigenvalue weighted by molar-refractivity contribution is 6.35. The fraction of sp³-hybridized carbons (Fsp3) is 0.147. The number of morpholine rings is 1. The van der Waals surface area contributed by atoms with Gasteiger partial charge in [0.25, 0.3) is 0 Å². The van der Waals surface area contributed by atoms with Gasteiger partial charge in [0.05, 0.1) is 24.5 Å². The van der Waals surface area contributed by atoms with Gasteiger partial charge in [-0.2, -0.15) is 0 Å². The Labute approximate surface area is 245 Å². The normalized spacial score (nSPS) is 13.5. The van der Waals surface area contributed by atoms with Crippen LogP contribution < -0.4 is 10.2 Å². The Hall–Kier alpha value is -4.52. The molecule has 1 aliphatic rings. The molecule has 6 nitrogen and oxygen atoms in total. The Morgan fingerprint density at radius 3 is 1.85 bits per heavy atom. The minimum absolute atomic E-state index is 0.257. The van der Waals surface area contributed by atoms with E-state index in [0.29, 0.717) is 30.0 Å². The second-order valence-corrected chi connectivity index (χ2v) is 10.2. The average Bonchev–Trinajstić information content (AvgIpc) is 3.05. The molecule has 1 fully saturated rings. The van der Waals surface area contributed by atoms with Gasteiger partial charge in [-0.25, -0.2) is 9.97 Å². The Morgan fingerprint density at radius 2 is 1.29 bits per heavy atom. The molecule has 3 aromatic carbocycles. The van der Waals surface area contributed by atoms with Gasteiger partial charge in [0.2, 0.25) is 0 Å². The Balaban J connectivity index is 1.50. The molecule has 0 saturated carbocycles. The molecule has 1 saturated heterocycles. The highest BCUT2D eigenvalue weighted by Crippen LogP contribution is 2.41. The van der Waals surface area contributed by atoms with Crippen molar-refractivity contribution in [1.29, 1.82) is 5.41 Å². The average molecular weight is 560 g/mol. The summed E-state index contributed by atoms with van der Waals surface area (Å²) in [6.45, 7) is 2.84. The van der Waals surface area contributed by atoms with E-state index >= 15 is 0 Å². The van der Waals surface area contributed by atoms with Crippen LogP contribution in [0.25, 0.3) is 0 Å². The smallest absolute Gasteiger partial charge is 0.140 e. The van der Waals surface area contributed by atoms with Crippen LogP contribution in [0.5, 0.6) is 0 Å². The number of ether oxygens (including phenoxy) is 1. The number of hydrogen-bond donors (Lipinski definition) is 2. The number of aromatic nitrogens is 2. The molecule has 204 valence electrons. The zero-order valence-electron chi connectivity index (χ0n) is 22.5. The van der Waals surface area contributed by atoms with Gasteiger partial charge >= 0.3 is 0 Å². The van der Waals surface area contributed by atoms with Crippen molar-refractivity contribution in [3.8, 4) is 0 Å². The molecule has 0 unspecified atom stereocenters. The van der Waals surface area contributed by atoms with Crippen LogP contribution in [-0.4, -0.2) is 42.0 Å². The lowest BCUT2D eigenvalue weighted by molar-refractivity contribution is 0.122. The third kappa shape index (κ3) is 5.32. The number of pyridine rings is 2. The third-order valence-corrected chi connectivity index (χ3v) is 7.75. The summed E-state index contributed by atoms with van der Waals surface area (Å²) in [5.74, 6) is 0.817. The number of benzene rings is 3. The van der Waals surface area contributed by atoms with E-state index in [1.807, 2.05) is 72.8 Å². The summed E-state index contributed by atoms with van der Waals surface area (Å²) >= 11 is 6.80. The first-order valence-corrected chi connectivity index (χ1v) is 14.0. The molecule has 0 spiro atoms. The zero-order chi connectivity index (χ0) is 28.1. The van der Waals surface area contributed by atoms with Crippen molar-refractivity contribution in [3.05, 3.63) is 155 Å². The summed E-state index contributed by atoms with van der Waals surface area (Å²) < 4.78 is 5.51. The molecule has 0 amide bonds. The van der Waals surface area contributed by atoms with Crippen molar-refractivity contribution in [1.82, 2.24) is 9.97 Å². The minimum Gasteiger partial charge on any atom is -0.378 e. The van der Waals surface area contributed by atoms with E-state index in [0.717, 1.165) is 35.6 Å². The maximum absolute atomic E-state index is 9.35. The van der Waals surface area contributed by atoms with Gasteiger partial charge in [-0.15, -0.1) is 0 Å². The number of hydrogen-bond acceptors (Lipinski definition) is 6. The molecule has 6 rings (SSSR count). The second-order valence-electron chi connectivity index (χ2n) is 9.87. The standard InChI is InChI=1S/C34H30ClN5O/c35-33-31(32(36)25-16-18-37-30(24-25)40-20-22-41-23-21-40)29(17-19-38-33)39-34(26-10-4-1-5-11-26,27-12-6-2-7-13-27)28-14-8-3-9-15-28/h1-19,24,36H,20-23H2,(H,38,39). The molecule has 5 aromatic rings. The van der Waals surface area contributed by atoms with Crippen molar-refractivity contribution in [2.75, 3.05) is 36.5 Å². The quantitative estimate of drug-likeness (QED) is 0.124. The highest BCUT2D eigenvalue weighted by Gasteiger charge is 2.37. The summed E-state index contributed by atoms with van der Waals surface area (Å²) in [7, 11) is 0. The minimum atomic E-state index is -0.777. The van der Waals surface area contributed by atoms with Crippen LogP contribution in [0.3, 0.4) is 0 Å². The third-order valence-electron chi connectivity index (χ3n) is 7.47. The number of nitrogens with one attached hydrogen (secondary N) is 2. The molecule has 2 N–H and O–H groups in total. The van der Waals surface area contributed by atoms with E-state index in [9.17, 15) is 5.41 Å². The predicted octanol–water partition coefficient (Wildman–Crippen LogP) is 6.79. The van der Waals surface area contributed by atoms with Crippen molar-refractivity contribution in [2.24, 2.45) is 0 Å². The topological polar surface area (TPSA) is 74.1 Å². The Kier molecular flexibility index (Phi) is 7.76. The van der Waals surface area contributed by atoms with Crippen molar-refractivity contribution in [3.63, 3.8) is 0 Å². The Bertz CT molecular complexity index is 1530. The summed E-state index contributed by atoms with van der Waals surface area (Å²) in [5, 5.41) is 13.5. The summed E-state index contributed by atoms with van der Waals surface area (Å²) in [6.07, 6.45) is 3.42. The van der Waals surface area contributed by atoms with Crippen LogP contribution >= 0.6 is 11.6 Å². The van der Waals surface area contributed by atoms with E-state index in [4.69, 9.17) is 16.3 Å². The lowest BCUT2D eigenvalue weighted by atomic mass is 9.76. The summed E-state index contributed by atoms with van der Waals surface area (Å²) in [6, 6.07) is 36.8. The fourth-order valence-electron chi connectivity index (χ4n) is 5.44. The molecule has 0 aliphatic carbocycles. The van der Waals surface area contributed by atoms with Crippen LogP contribution in [0.2, 0.25) is 5.15 Å². The lowest BCUT2D eigenvalue weighted by Gasteiger charge is -2.38. The number of anilines is 2. The summed E-state index contributed by atoms with van der Waals surface area (Å²) in [5.41, 5.74) is 4.61. The van der Waals surface area contributed by atoms with E-state index in [2.05, 4.69) is 56.6 Å². The number of halogens is 1. The van der Waals surface area contributed by atoms with Crippen LogP contribution in [0.15, 0.2) is 122 Å². The van der Waals surface area contributed by atoms with Crippen molar-refractivity contribution >= 4 is 28.8 Å². The SMILES string of the molecule is N=C(c1ccnc(N2CCOCC2)c1)c1c(NC(c2ccccc2)(c2ccccc2)c2ccccc2)ccnc1Cl. The first-order valence-electron chi connectivity index (χ1n) is 13.6. The Morgan fingerprint density at radius 1 is 0.756 bits per heavy atom. The van der Waals surface area contributed by atoms with Crippen LogP contribution in [-0.2, 0) is 10.3 Å². The predicted molar refractivity (Wildman–Crippen MR) is 165 cm³/mol. The van der Waals surface area contributed by atoms with Gasteiger partial charge in [-0.1, -0.05) is 103 Å². The maximum atomic E-state index is 9.35. The molecular formula is C34H30ClN5O. The van der Waals surface area contributed by atoms with Crippen molar-refractivity contribution in [2.45, 2.75) is 5.54 Å².